The van der Waals surface area contributed by atoms with E-state index in [1.165, 1.54) is 12.1 Å². The number of nitrogens with zero attached hydrogens (tertiary/aromatic N) is 2. The van der Waals surface area contributed by atoms with Gasteiger partial charge in [0.05, 0.1) is 11.1 Å². The Hall–Kier alpha value is -3.11. The maximum Gasteiger partial charge on any atom is 0.401 e. The molecule has 0 spiro atoms. The smallest absolute Gasteiger partial charge is 0.301 e. The Morgan fingerprint density at radius 1 is 1.17 bits per heavy atom. The molecule has 0 radical (unpaired) electrons. The molecule has 188 valence electrons. The fourth-order valence-electron chi connectivity index (χ4n) is 4.46. The highest BCUT2D eigenvalue weighted by Crippen LogP contribution is 2.59. The third-order valence-corrected chi connectivity index (χ3v) is 7.14. The Morgan fingerprint density at radius 3 is 2.58 bits per heavy atom. The first-order chi connectivity index (χ1) is 17.0. The lowest BCUT2D eigenvalue weighted by molar-refractivity contribution is -0.190. The number of rotatable bonds is 7. The van der Waals surface area contributed by atoms with E-state index in [4.69, 9.17) is 11.6 Å². The van der Waals surface area contributed by atoms with Gasteiger partial charge in [-0.3, -0.25) is 9.78 Å². The molecule has 1 aromatic heterocycles. The number of ketones is 1. The number of hydrogen-bond acceptors (Lipinski definition) is 5. The fourth-order valence-corrected chi connectivity index (χ4v) is 4.67. The van der Waals surface area contributed by atoms with Crippen LogP contribution in [-0.4, -0.2) is 39.0 Å². The minimum Gasteiger partial charge on any atom is -0.301 e. The number of carbonyl (C=O) groups excluding carboxylic acids is 1. The van der Waals surface area contributed by atoms with E-state index < -0.39 is 35.1 Å². The third-order valence-electron chi connectivity index (χ3n) is 6.81. The number of H-pyrrole nitrogens is 1. The van der Waals surface area contributed by atoms with Crippen LogP contribution in [0.15, 0.2) is 41.2 Å². The molecule has 1 saturated heterocycles. The number of carbonyl (C=O) groups is 1. The normalized spacial score (nSPS) is 20.3. The predicted octanol–water partition coefficient (Wildman–Crippen LogP) is 4.65. The zero-order valence-electron chi connectivity index (χ0n) is 19.0. The van der Waals surface area contributed by atoms with Crippen LogP contribution >= 0.6 is 11.6 Å². The van der Waals surface area contributed by atoms with Gasteiger partial charge in [0.2, 0.25) is 0 Å². The molecule has 36 heavy (non-hydrogen) atoms. The van der Waals surface area contributed by atoms with Crippen molar-refractivity contribution in [2.75, 3.05) is 0 Å². The second-order valence-electron chi connectivity index (χ2n) is 9.20. The molecule has 5 rings (SSSR count). The second-order valence-corrected chi connectivity index (χ2v) is 9.61. The van der Waals surface area contributed by atoms with Crippen LogP contribution in [0, 0.1) is 11.2 Å². The minimum absolute atomic E-state index is 0.0984. The highest BCUT2D eigenvalue weighted by molar-refractivity contribution is 6.33. The summed E-state index contributed by atoms with van der Waals surface area (Å²) in [6, 6.07) is 8.06. The van der Waals surface area contributed by atoms with Crippen LogP contribution in [0.3, 0.4) is 0 Å². The maximum atomic E-state index is 13.9. The molecule has 2 aliphatic rings. The molecule has 0 bridgehead atoms. The van der Waals surface area contributed by atoms with Crippen molar-refractivity contribution >= 4 is 17.4 Å². The van der Waals surface area contributed by atoms with Crippen LogP contribution in [0.4, 0.5) is 17.6 Å². The van der Waals surface area contributed by atoms with E-state index in [1.807, 2.05) is 0 Å². The van der Waals surface area contributed by atoms with Crippen molar-refractivity contribution in [3.8, 4) is 22.8 Å². The van der Waals surface area contributed by atoms with E-state index in [0.717, 1.165) is 0 Å². The quantitative estimate of drug-likeness (QED) is 0.349. The number of benzene rings is 2. The lowest BCUT2D eigenvalue weighted by atomic mass is 9.94. The number of Topliss-reactive ketones (excluding diaryl/α,β-unsaturated/α-hetero) is 1. The standard InChI is InChI=1S/C25H21ClF4N4O2/c1-2-13-11-14(4-6-17(13)27)21-32-22(34-23(36)33-21)15-9-12(3-5-16(15)26)10-18-19(31-18)20(35)24(7-8-24)25(28,29)30/h3-6,9,11,18-19,31H,2,7-8,10H2,1H3,(H,32,33,34,36). The number of aryl methyl sites for hydroxylation is 1. The van der Waals surface area contributed by atoms with Crippen molar-refractivity contribution in [1.29, 1.82) is 0 Å². The van der Waals surface area contributed by atoms with Crippen molar-refractivity contribution in [3.63, 3.8) is 0 Å². The molecule has 2 atom stereocenters. The molecule has 2 heterocycles. The molecule has 2 aromatic carbocycles. The first-order valence-electron chi connectivity index (χ1n) is 11.5. The van der Waals surface area contributed by atoms with E-state index in [2.05, 4.69) is 20.3 Å². The summed E-state index contributed by atoms with van der Waals surface area (Å²) in [5, 5.41) is 3.16. The molecule has 1 saturated carbocycles. The monoisotopic (exact) mass is 520 g/mol. The number of nitrogens with one attached hydrogen (secondary N) is 2. The molecule has 3 aromatic rings. The van der Waals surface area contributed by atoms with Crippen LogP contribution < -0.4 is 11.0 Å². The lowest BCUT2D eigenvalue weighted by Crippen LogP contribution is -2.36. The molecule has 0 amide bonds. The van der Waals surface area contributed by atoms with Gasteiger partial charge in [0.1, 0.15) is 17.1 Å². The van der Waals surface area contributed by atoms with Crippen molar-refractivity contribution in [3.05, 3.63) is 68.8 Å². The molecule has 2 unspecified atom stereocenters. The van der Waals surface area contributed by atoms with Gasteiger partial charge < -0.3 is 5.32 Å². The average Bonchev–Trinajstić information content (AvgIpc) is 3.74. The molecule has 11 heteroatoms. The van der Waals surface area contributed by atoms with E-state index >= 15 is 0 Å². The number of alkyl halides is 3. The Bertz CT molecular complexity index is 1420. The number of hydrogen-bond donors (Lipinski definition) is 2. The van der Waals surface area contributed by atoms with Crippen LogP contribution in [0.1, 0.15) is 30.9 Å². The summed E-state index contributed by atoms with van der Waals surface area (Å²) in [7, 11) is 0. The molecule has 1 aliphatic carbocycles. The van der Waals surface area contributed by atoms with Gasteiger partial charge in [-0.25, -0.2) is 14.2 Å². The van der Waals surface area contributed by atoms with E-state index in [9.17, 15) is 27.2 Å². The summed E-state index contributed by atoms with van der Waals surface area (Å²) in [5.41, 5.74) is -0.859. The minimum atomic E-state index is -4.54. The Balaban J connectivity index is 1.39. The average molecular weight is 521 g/mol. The van der Waals surface area contributed by atoms with E-state index in [0.29, 0.717) is 35.1 Å². The van der Waals surface area contributed by atoms with Crippen molar-refractivity contribution in [2.45, 2.75) is 50.9 Å². The summed E-state index contributed by atoms with van der Waals surface area (Å²) >= 11 is 6.37. The predicted molar refractivity (Wildman–Crippen MR) is 125 cm³/mol. The fraction of sp³-hybridized carbons (Fsp3) is 0.360. The first kappa shape index (κ1) is 24.6. The van der Waals surface area contributed by atoms with Crippen LogP contribution in [0.25, 0.3) is 22.8 Å². The summed E-state index contributed by atoms with van der Waals surface area (Å²) in [4.78, 5) is 35.6. The van der Waals surface area contributed by atoms with Gasteiger partial charge in [-0.05, 0) is 67.1 Å². The third kappa shape index (κ3) is 4.43. The van der Waals surface area contributed by atoms with Gasteiger partial charge in [-0.1, -0.05) is 24.6 Å². The van der Waals surface area contributed by atoms with Gasteiger partial charge in [-0.2, -0.15) is 18.2 Å². The van der Waals surface area contributed by atoms with Crippen LogP contribution in [-0.2, 0) is 17.6 Å². The van der Waals surface area contributed by atoms with Crippen molar-refractivity contribution in [1.82, 2.24) is 20.3 Å². The Kier molecular flexibility index (Phi) is 5.99. The van der Waals surface area contributed by atoms with Gasteiger partial charge in [0.15, 0.2) is 11.6 Å². The highest BCUT2D eigenvalue weighted by Gasteiger charge is 2.71. The summed E-state index contributed by atoms with van der Waals surface area (Å²) in [6.45, 7) is 1.80. The van der Waals surface area contributed by atoms with Gasteiger partial charge in [0.25, 0.3) is 0 Å². The summed E-state index contributed by atoms with van der Waals surface area (Å²) in [5.74, 6) is -0.925. The molecular formula is C25H21ClF4N4O2. The van der Waals surface area contributed by atoms with Gasteiger partial charge >= 0.3 is 11.9 Å². The summed E-state index contributed by atoms with van der Waals surface area (Å²) in [6.07, 6.45) is -4.11. The molecule has 2 fully saturated rings. The van der Waals surface area contributed by atoms with Crippen molar-refractivity contribution in [2.24, 2.45) is 5.41 Å². The Labute approximate surface area is 208 Å². The number of aromatic amines is 1. The number of aromatic nitrogens is 3. The first-order valence-corrected chi connectivity index (χ1v) is 11.8. The summed E-state index contributed by atoms with van der Waals surface area (Å²) < 4.78 is 53.8. The molecule has 6 nitrogen and oxygen atoms in total. The highest BCUT2D eigenvalue weighted by atomic mass is 35.5. The second kappa shape index (κ2) is 8.77. The van der Waals surface area contributed by atoms with Crippen LogP contribution in [0.5, 0.6) is 0 Å². The largest absolute Gasteiger partial charge is 0.401 e. The maximum absolute atomic E-state index is 13.9. The van der Waals surface area contributed by atoms with Crippen molar-refractivity contribution < 1.29 is 22.4 Å². The van der Waals surface area contributed by atoms with E-state index in [-0.39, 0.29) is 35.3 Å². The number of halogens is 5. The molecule has 2 N–H and O–H groups in total. The van der Waals surface area contributed by atoms with Gasteiger partial charge in [0, 0.05) is 17.2 Å². The lowest BCUT2D eigenvalue weighted by Gasteiger charge is -2.17. The SMILES string of the molecule is CCc1cc(-c2nc(-c3cc(CC4NC4C(=O)C4(C(F)(F)F)CC4)ccc3Cl)[nH]c(=O)n2)ccc1F. The van der Waals surface area contributed by atoms with Gasteiger partial charge in [-0.15, -0.1) is 0 Å². The molecular weight excluding hydrogens is 500 g/mol. The van der Waals surface area contributed by atoms with Crippen LogP contribution in [0.2, 0.25) is 5.02 Å². The zero-order valence-corrected chi connectivity index (χ0v) is 19.8. The topological polar surface area (TPSA) is 97.6 Å². The molecule has 1 aliphatic heterocycles. The van der Waals surface area contributed by atoms with E-state index in [1.54, 1.807) is 31.2 Å². The zero-order chi connectivity index (χ0) is 25.8. The Morgan fingerprint density at radius 2 is 1.92 bits per heavy atom.